The van der Waals surface area contributed by atoms with E-state index < -0.39 is 16.0 Å². The molecule has 0 unspecified atom stereocenters. The Balaban J connectivity index is 2.75. The van der Waals surface area contributed by atoms with Crippen LogP contribution in [0.1, 0.15) is 16.6 Å². The maximum absolute atomic E-state index is 11.7. The Morgan fingerprint density at radius 3 is 2.68 bits per heavy atom. The first kappa shape index (κ1) is 13.8. The standard InChI is InChI=1S/C11H12N2O4S2/c1-2-17-11(14)10-9(12)8-6(18-10)4-3-5-7(8)19(13,15)16/h3-5H,2,12H2,1H3,(H2,13,15,16). The molecule has 0 aliphatic rings. The van der Waals surface area contributed by atoms with E-state index in [4.69, 9.17) is 15.6 Å². The van der Waals surface area contributed by atoms with Crippen molar-refractivity contribution in [2.45, 2.75) is 11.8 Å². The number of hydrogen-bond acceptors (Lipinski definition) is 6. The zero-order valence-corrected chi connectivity index (χ0v) is 11.7. The van der Waals surface area contributed by atoms with E-state index >= 15 is 0 Å². The van der Waals surface area contributed by atoms with E-state index in [1.807, 2.05) is 0 Å². The summed E-state index contributed by atoms with van der Waals surface area (Å²) < 4.78 is 28.5. The minimum atomic E-state index is -3.90. The molecule has 0 atom stereocenters. The molecule has 1 aromatic heterocycles. The first-order valence-corrected chi connectivity index (χ1v) is 7.73. The summed E-state index contributed by atoms with van der Waals surface area (Å²) in [7, 11) is -3.90. The SMILES string of the molecule is CCOC(=O)c1sc2cccc(S(N)(=O)=O)c2c1N. The largest absolute Gasteiger partial charge is 0.462 e. The molecule has 0 saturated heterocycles. The number of benzene rings is 1. The van der Waals surface area contributed by atoms with Crippen molar-refractivity contribution < 1.29 is 17.9 Å². The average molecular weight is 300 g/mol. The average Bonchev–Trinajstić information content (AvgIpc) is 2.66. The molecule has 19 heavy (non-hydrogen) atoms. The van der Waals surface area contributed by atoms with Gasteiger partial charge in [0.25, 0.3) is 0 Å². The number of fused-ring (bicyclic) bond motifs is 1. The molecule has 0 amide bonds. The van der Waals surface area contributed by atoms with Crippen LogP contribution in [0.2, 0.25) is 0 Å². The van der Waals surface area contributed by atoms with E-state index in [2.05, 4.69) is 0 Å². The number of carbonyl (C=O) groups is 1. The van der Waals surface area contributed by atoms with Crippen LogP contribution in [-0.2, 0) is 14.8 Å². The molecule has 8 heteroatoms. The number of hydrogen-bond donors (Lipinski definition) is 2. The first-order chi connectivity index (χ1) is 8.86. The highest BCUT2D eigenvalue weighted by Gasteiger charge is 2.22. The lowest BCUT2D eigenvalue weighted by Crippen LogP contribution is -2.13. The summed E-state index contributed by atoms with van der Waals surface area (Å²) in [6, 6.07) is 4.58. The number of anilines is 1. The molecular formula is C11H12N2O4S2. The van der Waals surface area contributed by atoms with E-state index in [0.717, 1.165) is 11.3 Å². The molecule has 0 spiro atoms. The number of thiophene rings is 1. The molecule has 1 aromatic carbocycles. The van der Waals surface area contributed by atoms with Gasteiger partial charge in [-0.2, -0.15) is 0 Å². The Hall–Kier alpha value is -1.64. The van der Waals surface area contributed by atoms with Crippen LogP contribution in [0.4, 0.5) is 5.69 Å². The number of esters is 1. The predicted octanol–water partition coefficient (Wildman–Crippen LogP) is 1.31. The summed E-state index contributed by atoms with van der Waals surface area (Å²) in [5, 5.41) is 5.42. The lowest BCUT2D eigenvalue weighted by molar-refractivity contribution is 0.0533. The maximum atomic E-state index is 11.7. The second-order valence-electron chi connectivity index (χ2n) is 3.74. The summed E-state index contributed by atoms with van der Waals surface area (Å²) in [5.74, 6) is -0.568. The summed E-state index contributed by atoms with van der Waals surface area (Å²) in [4.78, 5) is 11.8. The highest BCUT2D eigenvalue weighted by Crippen LogP contribution is 2.37. The van der Waals surface area contributed by atoms with Gasteiger partial charge in [-0.1, -0.05) is 6.07 Å². The van der Waals surface area contributed by atoms with Crippen molar-refractivity contribution in [3.63, 3.8) is 0 Å². The normalized spacial score (nSPS) is 11.7. The molecule has 0 aliphatic carbocycles. The number of carbonyl (C=O) groups excluding carboxylic acids is 1. The quantitative estimate of drug-likeness (QED) is 0.830. The summed E-state index contributed by atoms with van der Waals surface area (Å²) >= 11 is 1.08. The van der Waals surface area contributed by atoms with Gasteiger partial charge in [-0.25, -0.2) is 18.4 Å². The second kappa shape index (κ2) is 4.80. The van der Waals surface area contributed by atoms with E-state index in [9.17, 15) is 13.2 Å². The van der Waals surface area contributed by atoms with Gasteiger partial charge < -0.3 is 10.5 Å². The molecule has 0 fully saturated rings. The van der Waals surface area contributed by atoms with Gasteiger partial charge in [-0.15, -0.1) is 11.3 Å². The summed E-state index contributed by atoms with van der Waals surface area (Å²) in [6.45, 7) is 1.89. The van der Waals surface area contributed by atoms with Gasteiger partial charge in [0.15, 0.2) is 0 Å². The van der Waals surface area contributed by atoms with Crippen LogP contribution in [0.15, 0.2) is 23.1 Å². The van der Waals surface area contributed by atoms with Crippen molar-refractivity contribution in [1.29, 1.82) is 0 Å². The first-order valence-electron chi connectivity index (χ1n) is 5.37. The van der Waals surface area contributed by atoms with E-state index in [0.29, 0.717) is 4.70 Å². The fourth-order valence-corrected chi connectivity index (χ4v) is 3.61. The van der Waals surface area contributed by atoms with Crippen LogP contribution >= 0.6 is 11.3 Å². The molecule has 0 saturated carbocycles. The monoisotopic (exact) mass is 300 g/mol. The van der Waals surface area contributed by atoms with Crippen molar-refractivity contribution in [3.8, 4) is 0 Å². The molecule has 2 rings (SSSR count). The van der Waals surface area contributed by atoms with Gasteiger partial charge in [0.05, 0.1) is 17.2 Å². The van der Waals surface area contributed by atoms with Gasteiger partial charge in [0.2, 0.25) is 10.0 Å². The fraction of sp³-hybridized carbons (Fsp3) is 0.182. The third-order valence-corrected chi connectivity index (χ3v) is 4.59. The molecular weight excluding hydrogens is 288 g/mol. The van der Waals surface area contributed by atoms with Gasteiger partial charge in [0.1, 0.15) is 4.88 Å². The number of nitrogens with two attached hydrogens (primary N) is 2. The van der Waals surface area contributed by atoms with Gasteiger partial charge >= 0.3 is 5.97 Å². The van der Waals surface area contributed by atoms with Gasteiger partial charge in [-0.05, 0) is 19.1 Å². The van der Waals surface area contributed by atoms with E-state index in [-0.39, 0.29) is 27.5 Å². The third kappa shape index (κ3) is 2.42. The molecule has 0 bridgehead atoms. The molecule has 102 valence electrons. The molecule has 6 nitrogen and oxygen atoms in total. The van der Waals surface area contributed by atoms with Gasteiger partial charge in [0, 0.05) is 10.1 Å². The lowest BCUT2D eigenvalue weighted by atomic mass is 10.2. The number of ether oxygens (including phenoxy) is 1. The molecule has 0 aliphatic heterocycles. The molecule has 2 aromatic rings. The Morgan fingerprint density at radius 2 is 2.11 bits per heavy atom. The minimum Gasteiger partial charge on any atom is -0.462 e. The van der Waals surface area contributed by atoms with Crippen LogP contribution in [0.3, 0.4) is 0 Å². The van der Waals surface area contributed by atoms with Crippen LogP contribution in [0, 0.1) is 0 Å². The zero-order chi connectivity index (χ0) is 14.2. The van der Waals surface area contributed by atoms with Crippen molar-refractivity contribution in [2.75, 3.05) is 12.3 Å². The Labute approximate surface area is 114 Å². The van der Waals surface area contributed by atoms with Crippen molar-refractivity contribution in [2.24, 2.45) is 5.14 Å². The molecule has 1 heterocycles. The smallest absolute Gasteiger partial charge is 0.350 e. The second-order valence-corrected chi connectivity index (χ2v) is 6.32. The van der Waals surface area contributed by atoms with Crippen LogP contribution in [0.25, 0.3) is 10.1 Å². The lowest BCUT2D eigenvalue weighted by Gasteiger charge is -2.02. The highest BCUT2D eigenvalue weighted by molar-refractivity contribution is 7.89. The summed E-state index contributed by atoms with van der Waals surface area (Å²) in [5.41, 5.74) is 5.94. The Morgan fingerprint density at radius 1 is 1.42 bits per heavy atom. The van der Waals surface area contributed by atoms with E-state index in [1.165, 1.54) is 6.07 Å². The predicted molar refractivity (Wildman–Crippen MR) is 73.6 cm³/mol. The van der Waals surface area contributed by atoms with E-state index in [1.54, 1.807) is 19.1 Å². The maximum Gasteiger partial charge on any atom is 0.350 e. The topological polar surface area (TPSA) is 112 Å². The number of nitrogen functional groups attached to an aromatic ring is 1. The Kier molecular flexibility index (Phi) is 3.48. The Bertz CT molecular complexity index is 749. The third-order valence-electron chi connectivity index (χ3n) is 2.48. The van der Waals surface area contributed by atoms with Crippen molar-refractivity contribution in [3.05, 3.63) is 23.1 Å². The number of primary sulfonamides is 1. The highest BCUT2D eigenvalue weighted by atomic mass is 32.2. The van der Waals surface area contributed by atoms with Gasteiger partial charge in [-0.3, -0.25) is 0 Å². The minimum absolute atomic E-state index is 0.0862. The summed E-state index contributed by atoms with van der Waals surface area (Å²) in [6.07, 6.45) is 0. The van der Waals surface area contributed by atoms with Crippen molar-refractivity contribution >= 4 is 43.1 Å². The molecule has 0 radical (unpaired) electrons. The van der Waals surface area contributed by atoms with Crippen LogP contribution in [-0.4, -0.2) is 21.0 Å². The molecule has 4 N–H and O–H groups in total. The fourth-order valence-electron chi connectivity index (χ4n) is 1.73. The number of sulfonamides is 1. The van der Waals surface area contributed by atoms with Crippen molar-refractivity contribution in [1.82, 2.24) is 0 Å². The zero-order valence-electron chi connectivity index (χ0n) is 10.0. The van der Waals surface area contributed by atoms with Crippen LogP contribution < -0.4 is 10.9 Å². The van der Waals surface area contributed by atoms with Crippen LogP contribution in [0.5, 0.6) is 0 Å². The number of rotatable bonds is 3.